The predicted molar refractivity (Wildman–Crippen MR) is 318 cm³/mol. The SMILES string of the molecule is O=[N+]([O-])c1ccc(CCP(=O)(N2CC2)N2CC2)cc1F.O=[N+]([O-])c1ccc(COP(=O)(N2CC2)N2CC2)cc1Oc1ccc(-c2ccc(F)cc2F)c(F)c1.OB(O)c1ccc(F)cc1F.Oc1ccc(-c2ccc(F)cc2F)c(F)c1.Oc1ccc(Br)c(F)c1. The fourth-order valence-corrected chi connectivity index (χ4v) is 13.9. The number of benzene rings is 8. The molecule has 0 aliphatic carbocycles. The zero-order valence-corrected chi connectivity index (χ0v) is 50.4. The van der Waals surface area contributed by atoms with Gasteiger partial charge in [-0.15, -0.1) is 0 Å². The number of hydrogen-bond donors (Lipinski definition) is 4. The number of nitro benzene ring substituents is 2. The lowest BCUT2D eigenvalue weighted by Crippen LogP contribution is -2.32. The van der Waals surface area contributed by atoms with E-state index in [0.717, 1.165) is 80.8 Å². The molecule has 4 aliphatic heterocycles. The maximum atomic E-state index is 14.7. The van der Waals surface area contributed by atoms with Gasteiger partial charge in [-0.3, -0.25) is 29.4 Å². The molecule has 4 aliphatic rings. The van der Waals surface area contributed by atoms with Gasteiger partial charge in [0.25, 0.3) is 0 Å². The molecule has 32 heteroatoms. The second-order valence-corrected chi connectivity index (χ2v) is 26.2. The summed E-state index contributed by atoms with van der Waals surface area (Å²) in [6.07, 6.45) is 0.948. The molecular weight excluding hydrogens is 1330 g/mol. The summed E-state index contributed by atoms with van der Waals surface area (Å²) in [6.45, 7) is 6.14. The number of hydrogen-bond acceptors (Lipinski definition) is 12. The van der Waals surface area contributed by atoms with Gasteiger partial charge in [0.2, 0.25) is 19.0 Å². The Morgan fingerprint density at radius 2 is 0.923 bits per heavy atom. The summed E-state index contributed by atoms with van der Waals surface area (Å²) in [7, 11) is -7.41. The van der Waals surface area contributed by atoms with E-state index in [1.165, 1.54) is 72.8 Å². The van der Waals surface area contributed by atoms with Crippen molar-refractivity contribution in [2.45, 2.75) is 13.0 Å². The lowest BCUT2D eigenvalue weighted by molar-refractivity contribution is -0.387. The van der Waals surface area contributed by atoms with E-state index in [2.05, 4.69) is 15.9 Å². The van der Waals surface area contributed by atoms with Gasteiger partial charge in [-0.05, 0) is 118 Å². The Morgan fingerprint density at radius 3 is 1.36 bits per heavy atom. The van der Waals surface area contributed by atoms with E-state index in [1.807, 2.05) is 9.34 Å². The molecule has 0 aromatic heterocycles. The highest BCUT2D eigenvalue weighted by Crippen LogP contribution is 2.62. The topological polar surface area (TPSA) is 232 Å². The Bertz CT molecular complexity index is 4020. The molecule has 0 amide bonds. The van der Waals surface area contributed by atoms with Gasteiger partial charge in [-0.2, -0.15) is 4.39 Å². The van der Waals surface area contributed by atoms with E-state index in [1.54, 1.807) is 9.34 Å². The molecule has 91 heavy (non-hydrogen) atoms. The molecule has 0 radical (unpaired) electrons. The number of phenolic OH excluding ortho intramolecular Hbond substituents is 2. The first-order valence-electron chi connectivity index (χ1n) is 27.0. The fraction of sp³-hybridized carbons (Fsp3) is 0.186. The lowest BCUT2D eigenvalue weighted by atomic mass is 9.80. The van der Waals surface area contributed by atoms with Crippen LogP contribution in [-0.2, 0) is 26.7 Å². The summed E-state index contributed by atoms with van der Waals surface area (Å²) in [5, 5.41) is 56.7. The lowest BCUT2D eigenvalue weighted by Gasteiger charge is -2.19. The van der Waals surface area contributed by atoms with Gasteiger partial charge in [0.15, 0.2) is 0 Å². The maximum Gasteiger partial charge on any atom is 0.491 e. The maximum absolute atomic E-state index is 14.7. The Labute approximate surface area is 520 Å². The highest BCUT2D eigenvalue weighted by atomic mass is 79.9. The third-order valence-electron chi connectivity index (χ3n) is 13.5. The van der Waals surface area contributed by atoms with E-state index in [0.29, 0.717) is 72.6 Å². The van der Waals surface area contributed by atoms with Crippen LogP contribution in [0.3, 0.4) is 0 Å². The number of nitrogens with zero attached hydrogens (tertiary/aromatic N) is 6. The molecule has 478 valence electrons. The minimum Gasteiger partial charge on any atom is -0.508 e. The molecule has 0 bridgehead atoms. The Hall–Kier alpha value is -8.02. The van der Waals surface area contributed by atoms with Gasteiger partial charge in [-0.25, -0.2) is 58.2 Å². The minimum atomic E-state index is -3.08. The van der Waals surface area contributed by atoms with Crippen molar-refractivity contribution in [3.05, 3.63) is 240 Å². The summed E-state index contributed by atoms with van der Waals surface area (Å²) in [5.41, 5.74) is -0.385. The molecule has 8 aromatic carbocycles. The average molecular weight is 1380 g/mol. The number of ether oxygens (including phenoxy) is 1. The predicted octanol–water partition coefficient (Wildman–Crippen LogP) is 13.2. The second-order valence-electron chi connectivity index (χ2n) is 20.1. The summed E-state index contributed by atoms with van der Waals surface area (Å²) in [5.74, 6) is -8.41. The van der Waals surface area contributed by atoms with Crippen molar-refractivity contribution in [2.24, 2.45) is 0 Å². The van der Waals surface area contributed by atoms with Crippen molar-refractivity contribution in [3.63, 3.8) is 0 Å². The summed E-state index contributed by atoms with van der Waals surface area (Å²) >= 11 is 2.94. The van der Waals surface area contributed by atoms with E-state index < -0.39 is 95.9 Å². The number of aryl methyl sites for hydroxylation is 1. The van der Waals surface area contributed by atoms with Crippen LogP contribution in [0.1, 0.15) is 11.1 Å². The molecule has 0 spiro atoms. The van der Waals surface area contributed by atoms with Crippen LogP contribution in [0.2, 0.25) is 0 Å². The molecule has 4 saturated heterocycles. The first-order valence-corrected chi connectivity index (χ1v) is 31.1. The summed E-state index contributed by atoms with van der Waals surface area (Å²) < 4.78 is 177. The zero-order valence-electron chi connectivity index (χ0n) is 47.0. The number of rotatable bonds is 17. The minimum absolute atomic E-state index is 0.0182. The molecule has 4 fully saturated rings. The third-order valence-corrected chi connectivity index (χ3v) is 20.2. The highest BCUT2D eigenvalue weighted by molar-refractivity contribution is 9.10. The molecule has 18 nitrogen and oxygen atoms in total. The Kier molecular flexibility index (Phi) is 22.7. The van der Waals surface area contributed by atoms with Gasteiger partial charge in [0, 0.05) is 135 Å². The van der Waals surface area contributed by atoms with Crippen LogP contribution < -0.4 is 10.2 Å². The van der Waals surface area contributed by atoms with Crippen LogP contribution in [0.25, 0.3) is 22.3 Å². The molecule has 8 aromatic rings. The van der Waals surface area contributed by atoms with Crippen LogP contribution in [0, 0.1) is 78.4 Å². The standard InChI is InChI=1S/C23H19F3N3O5P.C12H7F3O.C12H15FN3O3P.C6H5BF2O2.C6H4BrFO/c24-16-2-4-18(20(25)12-16)19-5-3-17(13-21(19)26)34-23-11-15(1-6-22(23)29(30)31)14-33-35(32,27-7-8-27)28-9-10-28;13-7-1-3-9(11(14)5-7)10-4-2-8(16)6-12(10)15;13-11-9-10(1-2-12(11)16(17)18)3-8-20(19,14-4-5-14)15-6-7-15;8-4-1-2-5(7(10)11)6(9)3-4;7-5-2-1-4(9)3-6(5)8/h1-6,11-13H,7-10,14H2;1-6,16H;1-2,9H,3-8H2;1-3,10-11H;1-3,9H. The van der Waals surface area contributed by atoms with E-state index >= 15 is 0 Å². The molecule has 0 unspecified atom stereocenters. The second kappa shape index (κ2) is 30.0. The number of halogens is 11. The Morgan fingerprint density at radius 1 is 0.484 bits per heavy atom. The van der Waals surface area contributed by atoms with Crippen molar-refractivity contribution in [2.75, 3.05) is 58.5 Å². The van der Waals surface area contributed by atoms with Crippen molar-refractivity contribution in [1.82, 2.24) is 18.7 Å². The first-order chi connectivity index (χ1) is 43.1. The van der Waals surface area contributed by atoms with Crippen molar-refractivity contribution in [3.8, 4) is 45.3 Å². The van der Waals surface area contributed by atoms with Crippen molar-refractivity contribution < 1.29 is 92.4 Å². The van der Waals surface area contributed by atoms with Crippen LogP contribution in [0.15, 0.2) is 150 Å². The third kappa shape index (κ3) is 18.6. The van der Waals surface area contributed by atoms with Crippen LogP contribution in [0.5, 0.6) is 23.0 Å². The monoisotopic (exact) mass is 1380 g/mol. The van der Waals surface area contributed by atoms with Crippen LogP contribution >= 0.6 is 31.0 Å². The smallest absolute Gasteiger partial charge is 0.491 e. The molecule has 0 atom stereocenters. The quantitative estimate of drug-likeness (QED) is 0.0166. The van der Waals surface area contributed by atoms with E-state index in [9.17, 15) is 73.3 Å². The Balaban J connectivity index is 0.000000161. The molecule has 4 N–H and O–H groups in total. The van der Waals surface area contributed by atoms with Gasteiger partial charge < -0.3 is 29.5 Å². The average Bonchev–Trinajstić information content (AvgIpc) is 1.63. The van der Waals surface area contributed by atoms with Crippen molar-refractivity contribution >= 4 is 55.0 Å². The first kappa shape index (κ1) is 68.9. The van der Waals surface area contributed by atoms with Crippen LogP contribution in [0.4, 0.5) is 55.3 Å². The van der Waals surface area contributed by atoms with Crippen LogP contribution in [-0.4, -0.2) is 114 Å². The van der Waals surface area contributed by atoms with Gasteiger partial charge in [0.1, 0.15) is 69.6 Å². The summed E-state index contributed by atoms with van der Waals surface area (Å²) in [6, 6.07) is 26.9. The highest BCUT2D eigenvalue weighted by Gasteiger charge is 2.49. The molecule has 4 heterocycles. The van der Waals surface area contributed by atoms with Gasteiger partial charge >= 0.3 is 26.2 Å². The largest absolute Gasteiger partial charge is 0.508 e. The van der Waals surface area contributed by atoms with E-state index in [4.69, 9.17) is 29.5 Å². The molecule has 12 rings (SSSR count). The number of nitro groups is 2. The molecule has 0 saturated carbocycles. The molecular formula is C59H50BBrF10N6O12P2. The normalized spacial score (nSPS) is 14.2. The number of aromatic hydroxyl groups is 2. The van der Waals surface area contributed by atoms with Gasteiger partial charge in [-0.1, -0.05) is 12.1 Å². The fourth-order valence-electron chi connectivity index (χ4n) is 8.52. The van der Waals surface area contributed by atoms with Gasteiger partial charge in [0.05, 0.1) is 20.9 Å². The van der Waals surface area contributed by atoms with E-state index in [-0.39, 0.29) is 63.0 Å². The van der Waals surface area contributed by atoms with Crippen molar-refractivity contribution in [1.29, 1.82) is 0 Å². The number of phenols is 2. The summed E-state index contributed by atoms with van der Waals surface area (Å²) in [4.78, 5) is 20.7. The zero-order chi connectivity index (χ0) is 66.1.